The Kier molecular flexibility index (Phi) is 8.07. The molecule has 0 bridgehead atoms. The van der Waals surface area contributed by atoms with Gasteiger partial charge in [-0.25, -0.2) is 0 Å². The highest BCUT2D eigenvalue weighted by atomic mass is 32.2. The van der Waals surface area contributed by atoms with Crippen LogP contribution in [0.4, 0.5) is 16.2 Å². The highest BCUT2D eigenvalue weighted by Gasteiger charge is 2.36. The molecular formula is C27H23N3O8S2. The Hall–Kier alpha value is -4.49. The molecule has 0 unspecified atom stereocenters. The Balaban J connectivity index is 1.43. The smallest absolute Gasteiger partial charge is 0.339 e. The standard InChI is InChI=1S/C27H23N3O8S2/c1-16-5-4-6-22(18(16)3)28-25(31)15-29-26(32)24(39-27(29)33)13-19-8-10-20(11-9-19)38-40(36,37)21-12-7-17(2)23(14-21)30(34)35/h4-14H,15H2,1-3H3,(H,28,31)/b24-13-. The van der Waals surface area contributed by atoms with Crippen molar-refractivity contribution in [1.82, 2.24) is 4.90 Å². The first-order valence-corrected chi connectivity index (χ1v) is 14.0. The van der Waals surface area contributed by atoms with E-state index in [1.807, 2.05) is 19.9 Å². The van der Waals surface area contributed by atoms with E-state index in [4.69, 9.17) is 4.18 Å². The number of nitro benzene ring substituents is 1. The van der Waals surface area contributed by atoms with Gasteiger partial charge in [0, 0.05) is 17.3 Å². The number of aryl methyl sites for hydroxylation is 2. The number of hydrogen-bond acceptors (Lipinski definition) is 9. The zero-order valence-corrected chi connectivity index (χ0v) is 23.2. The van der Waals surface area contributed by atoms with Gasteiger partial charge >= 0.3 is 10.1 Å². The molecule has 0 spiro atoms. The summed E-state index contributed by atoms with van der Waals surface area (Å²) >= 11 is 0.683. The quantitative estimate of drug-likeness (QED) is 0.168. The van der Waals surface area contributed by atoms with Crippen LogP contribution in [0.3, 0.4) is 0 Å². The van der Waals surface area contributed by atoms with Crippen LogP contribution in [0.5, 0.6) is 5.75 Å². The van der Waals surface area contributed by atoms with Gasteiger partial charge in [-0.05, 0) is 79.6 Å². The number of nitrogens with zero attached hydrogens (tertiary/aromatic N) is 2. The summed E-state index contributed by atoms with van der Waals surface area (Å²) in [5.41, 5.74) is 2.89. The SMILES string of the molecule is Cc1ccc(S(=O)(=O)Oc2ccc(/C=C3\SC(=O)N(CC(=O)Nc4cccc(C)c4C)C3=O)cc2)cc1[N+](=O)[O-]. The maximum Gasteiger partial charge on any atom is 0.339 e. The van der Waals surface area contributed by atoms with Crippen LogP contribution in [0, 0.1) is 30.9 Å². The predicted octanol–water partition coefficient (Wildman–Crippen LogP) is 4.96. The Morgan fingerprint density at radius 1 is 1.05 bits per heavy atom. The van der Waals surface area contributed by atoms with Crippen molar-refractivity contribution < 1.29 is 31.9 Å². The number of carbonyl (C=O) groups excluding carboxylic acids is 3. The number of amides is 3. The van der Waals surface area contributed by atoms with Crippen LogP contribution in [0.1, 0.15) is 22.3 Å². The molecule has 3 aromatic carbocycles. The van der Waals surface area contributed by atoms with Crippen LogP contribution in [0.15, 0.2) is 70.5 Å². The van der Waals surface area contributed by atoms with Gasteiger partial charge in [-0.3, -0.25) is 29.4 Å². The van der Waals surface area contributed by atoms with Crippen LogP contribution in [-0.2, 0) is 19.7 Å². The van der Waals surface area contributed by atoms with E-state index in [1.165, 1.54) is 49.4 Å². The number of nitro groups is 1. The molecular weight excluding hydrogens is 558 g/mol. The van der Waals surface area contributed by atoms with Gasteiger partial charge < -0.3 is 9.50 Å². The number of nitrogens with one attached hydrogen (secondary N) is 1. The Labute approximate surface area is 234 Å². The average molecular weight is 582 g/mol. The first kappa shape index (κ1) is 28.5. The number of benzene rings is 3. The van der Waals surface area contributed by atoms with Crippen LogP contribution in [0.25, 0.3) is 6.08 Å². The molecule has 3 amide bonds. The van der Waals surface area contributed by atoms with Crippen molar-refractivity contribution in [2.75, 3.05) is 11.9 Å². The minimum Gasteiger partial charge on any atom is -0.379 e. The van der Waals surface area contributed by atoms with E-state index in [0.717, 1.165) is 22.1 Å². The maximum atomic E-state index is 12.8. The normalized spacial score (nSPS) is 14.5. The minimum atomic E-state index is -4.35. The summed E-state index contributed by atoms with van der Waals surface area (Å²) in [5, 5.41) is 13.3. The fraction of sp³-hybridized carbons (Fsp3) is 0.148. The van der Waals surface area contributed by atoms with Gasteiger partial charge in [0.05, 0.1) is 9.83 Å². The molecule has 1 heterocycles. The largest absolute Gasteiger partial charge is 0.379 e. The van der Waals surface area contributed by atoms with Crippen molar-refractivity contribution in [2.24, 2.45) is 0 Å². The van der Waals surface area contributed by atoms with E-state index in [9.17, 15) is 32.9 Å². The highest BCUT2D eigenvalue weighted by molar-refractivity contribution is 8.18. The average Bonchev–Trinajstić information content (AvgIpc) is 3.15. The summed E-state index contributed by atoms with van der Waals surface area (Å²) in [7, 11) is -4.35. The molecule has 11 nitrogen and oxygen atoms in total. The summed E-state index contributed by atoms with van der Waals surface area (Å²) < 4.78 is 30.4. The number of rotatable bonds is 8. The van der Waals surface area contributed by atoms with E-state index in [0.29, 0.717) is 28.6 Å². The third kappa shape index (κ3) is 6.21. The lowest BCUT2D eigenvalue weighted by Crippen LogP contribution is -2.36. The van der Waals surface area contributed by atoms with Crippen LogP contribution < -0.4 is 9.50 Å². The Morgan fingerprint density at radius 2 is 1.75 bits per heavy atom. The number of imide groups is 1. The first-order valence-electron chi connectivity index (χ1n) is 11.8. The molecule has 0 atom stereocenters. The molecule has 0 aromatic heterocycles. The van der Waals surface area contributed by atoms with Gasteiger partial charge in [0.25, 0.3) is 16.8 Å². The fourth-order valence-electron chi connectivity index (χ4n) is 3.74. The molecule has 1 saturated heterocycles. The molecule has 3 aromatic rings. The summed E-state index contributed by atoms with van der Waals surface area (Å²) in [6.07, 6.45) is 1.44. The monoisotopic (exact) mass is 581 g/mol. The fourth-order valence-corrected chi connectivity index (χ4v) is 5.53. The molecule has 206 valence electrons. The van der Waals surface area contributed by atoms with Gasteiger partial charge in [-0.2, -0.15) is 8.42 Å². The van der Waals surface area contributed by atoms with Crippen molar-refractivity contribution in [1.29, 1.82) is 0 Å². The van der Waals surface area contributed by atoms with Gasteiger partial charge in [-0.15, -0.1) is 0 Å². The molecule has 4 rings (SSSR count). The van der Waals surface area contributed by atoms with Gasteiger partial charge in [0.1, 0.15) is 17.2 Å². The van der Waals surface area contributed by atoms with E-state index >= 15 is 0 Å². The predicted molar refractivity (Wildman–Crippen MR) is 149 cm³/mol. The number of carbonyl (C=O) groups is 3. The van der Waals surface area contributed by atoms with Crippen LogP contribution >= 0.6 is 11.8 Å². The van der Waals surface area contributed by atoms with Gasteiger partial charge in [0.15, 0.2) is 0 Å². The number of thioether (sulfide) groups is 1. The second-order valence-corrected chi connectivity index (χ2v) is 11.4. The lowest BCUT2D eigenvalue weighted by atomic mass is 10.1. The van der Waals surface area contributed by atoms with Crippen molar-refractivity contribution in [2.45, 2.75) is 25.7 Å². The third-order valence-electron chi connectivity index (χ3n) is 6.10. The van der Waals surface area contributed by atoms with Crippen molar-refractivity contribution in [3.8, 4) is 5.75 Å². The maximum absolute atomic E-state index is 12.8. The van der Waals surface area contributed by atoms with Crippen molar-refractivity contribution >= 4 is 56.4 Å². The Bertz CT molecular complexity index is 1680. The Morgan fingerprint density at radius 3 is 2.42 bits per heavy atom. The van der Waals surface area contributed by atoms with E-state index < -0.39 is 38.6 Å². The van der Waals surface area contributed by atoms with Gasteiger partial charge in [0.2, 0.25) is 5.91 Å². The zero-order chi connectivity index (χ0) is 29.2. The summed E-state index contributed by atoms with van der Waals surface area (Å²) in [5.74, 6) is -1.20. The lowest BCUT2D eigenvalue weighted by Gasteiger charge is -2.14. The summed E-state index contributed by atoms with van der Waals surface area (Å²) in [6.45, 7) is 4.80. The van der Waals surface area contributed by atoms with Crippen LogP contribution in [0.2, 0.25) is 0 Å². The molecule has 0 aliphatic carbocycles. The summed E-state index contributed by atoms with van der Waals surface area (Å²) in [4.78, 5) is 48.8. The minimum absolute atomic E-state index is 0.0587. The van der Waals surface area contributed by atoms with E-state index in [2.05, 4.69) is 5.32 Å². The molecule has 1 N–H and O–H groups in total. The number of hydrogen-bond donors (Lipinski definition) is 1. The summed E-state index contributed by atoms with van der Waals surface area (Å²) in [6, 6.07) is 14.5. The first-order chi connectivity index (χ1) is 18.9. The second-order valence-electron chi connectivity index (χ2n) is 8.88. The molecule has 0 radical (unpaired) electrons. The van der Waals surface area contributed by atoms with Crippen molar-refractivity contribution in [3.05, 3.63) is 97.9 Å². The molecule has 1 aliphatic heterocycles. The highest BCUT2D eigenvalue weighted by Crippen LogP contribution is 2.33. The van der Waals surface area contributed by atoms with E-state index in [1.54, 1.807) is 12.1 Å². The number of anilines is 1. The van der Waals surface area contributed by atoms with E-state index in [-0.39, 0.29) is 21.2 Å². The molecule has 13 heteroatoms. The third-order valence-corrected chi connectivity index (χ3v) is 8.25. The second kappa shape index (κ2) is 11.3. The molecule has 40 heavy (non-hydrogen) atoms. The van der Waals surface area contributed by atoms with Gasteiger partial charge in [-0.1, -0.05) is 30.3 Å². The molecule has 0 saturated carbocycles. The zero-order valence-electron chi connectivity index (χ0n) is 21.5. The molecule has 1 aliphatic rings. The van der Waals surface area contributed by atoms with Crippen LogP contribution in [-0.4, -0.2) is 41.8 Å². The van der Waals surface area contributed by atoms with Crippen molar-refractivity contribution in [3.63, 3.8) is 0 Å². The molecule has 1 fully saturated rings. The lowest BCUT2D eigenvalue weighted by molar-refractivity contribution is -0.385. The topological polar surface area (TPSA) is 153 Å².